The predicted octanol–water partition coefficient (Wildman–Crippen LogP) is 1.87. The number of aryl methyl sites for hydroxylation is 1. The summed E-state index contributed by atoms with van der Waals surface area (Å²) in [6.45, 7) is 5.58. The maximum atomic E-state index is 12.9. The molecule has 2 aromatic heterocycles. The van der Waals surface area contributed by atoms with E-state index in [9.17, 15) is 9.59 Å². The van der Waals surface area contributed by atoms with Crippen LogP contribution in [0.15, 0.2) is 29.1 Å². The van der Waals surface area contributed by atoms with E-state index >= 15 is 0 Å². The van der Waals surface area contributed by atoms with Gasteiger partial charge in [0.2, 0.25) is 11.7 Å². The zero-order chi connectivity index (χ0) is 17.6. The minimum Gasteiger partial charge on any atom is -0.338 e. The molecule has 7 nitrogen and oxygen atoms in total. The Kier molecular flexibility index (Phi) is 3.86. The standard InChI is InChI=1S/C18H23N5O2/c1-3-20-14-9-4-5-10-15(14)23-17(20)19-22(18(23)25)12-16(24)21-11-7-6-8-13(21)2/h4-5,9-10,13H,3,6-8,11-12H2,1-2H3/t13-/m1/s1. The first-order valence-electron chi connectivity index (χ1n) is 8.98. The molecule has 1 amide bonds. The highest BCUT2D eigenvalue weighted by Crippen LogP contribution is 2.19. The normalized spacial score (nSPS) is 18.3. The van der Waals surface area contributed by atoms with Crippen LogP contribution in [0.5, 0.6) is 0 Å². The summed E-state index contributed by atoms with van der Waals surface area (Å²) in [6.07, 6.45) is 3.21. The number of benzene rings is 1. The number of rotatable bonds is 3. The number of hydrogen-bond donors (Lipinski definition) is 0. The van der Waals surface area contributed by atoms with E-state index in [2.05, 4.69) is 12.0 Å². The summed E-state index contributed by atoms with van der Waals surface area (Å²) < 4.78 is 4.91. The largest absolute Gasteiger partial charge is 0.352 e. The lowest BCUT2D eigenvalue weighted by molar-refractivity contribution is -0.135. The predicted molar refractivity (Wildman–Crippen MR) is 95.6 cm³/mol. The third-order valence-electron chi connectivity index (χ3n) is 5.20. The van der Waals surface area contributed by atoms with Gasteiger partial charge < -0.3 is 9.47 Å². The first kappa shape index (κ1) is 15.9. The van der Waals surface area contributed by atoms with Crippen molar-refractivity contribution in [3.05, 3.63) is 34.7 Å². The molecule has 0 saturated carbocycles. The topological polar surface area (TPSA) is 64.5 Å². The van der Waals surface area contributed by atoms with Crippen molar-refractivity contribution in [2.24, 2.45) is 0 Å². The van der Waals surface area contributed by atoms with E-state index < -0.39 is 0 Å². The number of carbonyl (C=O) groups excluding carboxylic acids is 1. The maximum absolute atomic E-state index is 12.9. The van der Waals surface area contributed by atoms with Crippen LogP contribution in [0.3, 0.4) is 0 Å². The van der Waals surface area contributed by atoms with Gasteiger partial charge in [-0.05, 0) is 45.2 Å². The summed E-state index contributed by atoms with van der Waals surface area (Å²) in [6, 6.07) is 7.99. The van der Waals surface area contributed by atoms with Gasteiger partial charge in [0, 0.05) is 19.1 Å². The molecule has 0 bridgehead atoms. The van der Waals surface area contributed by atoms with Crippen LogP contribution in [0.1, 0.15) is 33.1 Å². The molecule has 1 aromatic carbocycles. The maximum Gasteiger partial charge on any atom is 0.352 e. The second kappa shape index (κ2) is 6.06. The van der Waals surface area contributed by atoms with Gasteiger partial charge >= 0.3 is 5.69 Å². The second-order valence-corrected chi connectivity index (χ2v) is 6.74. The van der Waals surface area contributed by atoms with Crippen molar-refractivity contribution in [3.63, 3.8) is 0 Å². The molecular weight excluding hydrogens is 318 g/mol. The van der Waals surface area contributed by atoms with E-state index in [0.29, 0.717) is 12.3 Å². The zero-order valence-corrected chi connectivity index (χ0v) is 14.7. The summed E-state index contributed by atoms with van der Waals surface area (Å²) in [4.78, 5) is 27.4. The van der Waals surface area contributed by atoms with Gasteiger partial charge in [0.25, 0.3) is 0 Å². The highest BCUT2D eigenvalue weighted by atomic mass is 16.2. The van der Waals surface area contributed by atoms with Crippen LogP contribution in [0, 0.1) is 0 Å². The van der Waals surface area contributed by atoms with E-state index in [0.717, 1.165) is 36.8 Å². The third kappa shape index (κ3) is 2.45. The molecule has 0 spiro atoms. The fraction of sp³-hybridized carbons (Fsp3) is 0.500. The smallest absolute Gasteiger partial charge is 0.338 e. The quantitative estimate of drug-likeness (QED) is 0.730. The van der Waals surface area contributed by atoms with E-state index in [4.69, 9.17) is 0 Å². The van der Waals surface area contributed by atoms with E-state index in [1.165, 1.54) is 4.68 Å². The van der Waals surface area contributed by atoms with Gasteiger partial charge in [-0.15, -0.1) is 5.10 Å². The molecule has 0 radical (unpaired) electrons. The zero-order valence-electron chi connectivity index (χ0n) is 14.7. The molecular formula is C18H23N5O2. The molecule has 1 saturated heterocycles. The summed E-state index contributed by atoms with van der Waals surface area (Å²) in [5.74, 6) is 0.565. The molecule has 0 aliphatic carbocycles. The molecule has 1 aliphatic rings. The fourth-order valence-corrected chi connectivity index (χ4v) is 3.87. The molecule has 0 unspecified atom stereocenters. The number of imidazole rings is 1. The number of hydrogen-bond acceptors (Lipinski definition) is 3. The molecule has 1 aliphatic heterocycles. The van der Waals surface area contributed by atoms with Crippen LogP contribution in [0.2, 0.25) is 0 Å². The Labute approximate surface area is 145 Å². The van der Waals surface area contributed by atoms with Crippen molar-refractivity contribution >= 4 is 22.7 Å². The molecule has 0 N–H and O–H groups in total. The minimum atomic E-state index is -0.253. The lowest BCUT2D eigenvalue weighted by atomic mass is 10.0. The lowest BCUT2D eigenvalue weighted by Crippen LogP contribution is -2.44. The number of fused-ring (bicyclic) bond motifs is 3. The monoisotopic (exact) mass is 341 g/mol. The van der Waals surface area contributed by atoms with Gasteiger partial charge in [-0.2, -0.15) is 0 Å². The van der Waals surface area contributed by atoms with E-state index in [1.807, 2.05) is 40.7 Å². The number of carbonyl (C=O) groups is 1. The van der Waals surface area contributed by atoms with Gasteiger partial charge in [0.05, 0.1) is 11.0 Å². The van der Waals surface area contributed by atoms with Crippen molar-refractivity contribution < 1.29 is 4.79 Å². The Hall–Kier alpha value is -2.57. The average Bonchev–Trinajstić information content (AvgIpc) is 3.09. The summed E-state index contributed by atoms with van der Waals surface area (Å²) in [5.41, 5.74) is 1.55. The molecule has 7 heteroatoms. The van der Waals surface area contributed by atoms with Gasteiger partial charge in [-0.25, -0.2) is 13.9 Å². The van der Waals surface area contributed by atoms with Crippen molar-refractivity contribution in [2.75, 3.05) is 6.54 Å². The lowest BCUT2D eigenvalue weighted by Gasteiger charge is -2.33. The van der Waals surface area contributed by atoms with Gasteiger partial charge in [-0.1, -0.05) is 12.1 Å². The van der Waals surface area contributed by atoms with Crippen LogP contribution in [-0.4, -0.2) is 42.1 Å². The number of likely N-dealkylation sites (tertiary alicyclic amines) is 1. The Morgan fingerprint density at radius 3 is 2.72 bits per heavy atom. The van der Waals surface area contributed by atoms with E-state index in [-0.39, 0.29) is 24.2 Å². The summed E-state index contributed by atoms with van der Waals surface area (Å²) in [5, 5.41) is 4.46. The Balaban J connectivity index is 1.75. The molecule has 3 heterocycles. The first-order chi connectivity index (χ1) is 12.1. The van der Waals surface area contributed by atoms with Crippen LogP contribution in [0.4, 0.5) is 0 Å². The number of amides is 1. The van der Waals surface area contributed by atoms with Crippen LogP contribution < -0.4 is 5.69 Å². The van der Waals surface area contributed by atoms with Crippen molar-refractivity contribution in [2.45, 2.75) is 52.2 Å². The average molecular weight is 341 g/mol. The van der Waals surface area contributed by atoms with Crippen molar-refractivity contribution in [1.82, 2.24) is 23.6 Å². The van der Waals surface area contributed by atoms with Gasteiger partial charge in [-0.3, -0.25) is 4.79 Å². The van der Waals surface area contributed by atoms with Crippen molar-refractivity contribution in [1.29, 1.82) is 0 Å². The second-order valence-electron chi connectivity index (χ2n) is 6.74. The Morgan fingerprint density at radius 2 is 2.00 bits per heavy atom. The fourth-order valence-electron chi connectivity index (χ4n) is 3.87. The van der Waals surface area contributed by atoms with Crippen molar-refractivity contribution in [3.8, 4) is 0 Å². The summed E-state index contributed by atoms with van der Waals surface area (Å²) >= 11 is 0. The summed E-state index contributed by atoms with van der Waals surface area (Å²) in [7, 11) is 0. The highest BCUT2D eigenvalue weighted by Gasteiger charge is 2.25. The minimum absolute atomic E-state index is 0.00287. The molecule has 25 heavy (non-hydrogen) atoms. The Morgan fingerprint density at radius 1 is 1.24 bits per heavy atom. The number of nitrogens with zero attached hydrogens (tertiary/aromatic N) is 5. The molecule has 4 rings (SSSR count). The van der Waals surface area contributed by atoms with Crippen LogP contribution >= 0.6 is 0 Å². The molecule has 1 atom stereocenters. The van der Waals surface area contributed by atoms with Gasteiger partial charge in [0.1, 0.15) is 6.54 Å². The Bertz CT molecular complexity index is 996. The number of piperidine rings is 1. The SMILES string of the molecule is CCn1c2ccccc2n2c(=O)n(CC(=O)N3CCCC[C@H]3C)nc12. The molecule has 3 aromatic rings. The highest BCUT2D eigenvalue weighted by molar-refractivity contribution is 5.81. The third-order valence-corrected chi connectivity index (χ3v) is 5.20. The van der Waals surface area contributed by atoms with Crippen LogP contribution in [-0.2, 0) is 17.9 Å². The van der Waals surface area contributed by atoms with E-state index in [1.54, 1.807) is 4.40 Å². The first-order valence-corrected chi connectivity index (χ1v) is 8.98. The number of aromatic nitrogens is 4. The van der Waals surface area contributed by atoms with Crippen LogP contribution in [0.25, 0.3) is 16.8 Å². The molecule has 132 valence electrons. The van der Waals surface area contributed by atoms with Gasteiger partial charge in [0.15, 0.2) is 0 Å². The molecule has 1 fully saturated rings. The number of para-hydroxylation sites is 2.